The standard InChI is InChI=1S/C19H12Br2N2O3S2/c20-12-3-11(4-13(21)7-12)8-23-14-5-10(1-2-15(14)26-9-17(23)24)6-16-18(25)22-19(27)28-16/h1-7H,8-9H2,(H,22,25,27). The van der Waals surface area contributed by atoms with Gasteiger partial charge in [0.15, 0.2) is 6.61 Å². The molecule has 1 saturated heterocycles. The monoisotopic (exact) mass is 538 g/mol. The molecule has 28 heavy (non-hydrogen) atoms. The zero-order valence-electron chi connectivity index (χ0n) is 14.2. The molecule has 5 nitrogen and oxygen atoms in total. The molecular formula is C19H12Br2N2O3S2. The van der Waals surface area contributed by atoms with E-state index < -0.39 is 0 Å². The van der Waals surface area contributed by atoms with Crippen molar-refractivity contribution in [1.82, 2.24) is 5.32 Å². The van der Waals surface area contributed by atoms with Crippen LogP contribution in [-0.4, -0.2) is 22.7 Å². The maximum absolute atomic E-state index is 12.6. The summed E-state index contributed by atoms with van der Waals surface area (Å²) < 4.78 is 7.87. The van der Waals surface area contributed by atoms with Gasteiger partial charge in [-0.1, -0.05) is 61.9 Å². The van der Waals surface area contributed by atoms with Crippen molar-refractivity contribution in [2.45, 2.75) is 6.54 Å². The SMILES string of the molecule is O=C1NC(=S)SC1=Cc1ccc2c(c1)N(Cc1cc(Br)cc(Br)c1)C(=O)CO2. The normalized spacial score (nSPS) is 17.6. The van der Waals surface area contributed by atoms with Gasteiger partial charge in [-0.15, -0.1) is 0 Å². The first kappa shape index (κ1) is 19.6. The number of carbonyl (C=O) groups is 2. The number of ether oxygens (including phenoxy) is 1. The molecule has 0 bridgehead atoms. The Morgan fingerprint density at radius 1 is 1.18 bits per heavy atom. The smallest absolute Gasteiger partial charge is 0.265 e. The van der Waals surface area contributed by atoms with Gasteiger partial charge in [0, 0.05) is 8.95 Å². The Balaban J connectivity index is 1.69. The number of thiocarbonyl (C=S) groups is 1. The van der Waals surface area contributed by atoms with Gasteiger partial charge in [-0.25, -0.2) is 0 Å². The van der Waals surface area contributed by atoms with Crippen LogP contribution in [0.5, 0.6) is 5.75 Å². The third-order valence-electron chi connectivity index (χ3n) is 4.13. The van der Waals surface area contributed by atoms with Gasteiger partial charge in [-0.2, -0.15) is 0 Å². The second-order valence-corrected chi connectivity index (χ2v) is 9.68. The first-order valence-electron chi connectivity index (χ1n) is 8.16. The van der Waals surface area contributed by atoms with E-state index in [1.807, 2.05) is 36.4 Å². The first-order chi connectivity index (χ1) is 13.4. The van der Waals surface area contributed by atoms with Gasteiger partial charge < -0.3 is 15.0 Å². The number of halogens is 2. The molecule has 4 rings (SSSR count). The summed E-state index contributed by atoms with van der Waals surface area (Å²) >= 11 is 13.2. The lowest BCUT2D eigenvalue weighted by molar-refractivity contribution is -0.121. The minimum Gasteiger partial charge on any atom is -0.482 e. The van der Waals surface area contributed by atoms with Gasteiger partial charge in [0.2, 0.25) is 0 Å². The zero-order chi connectivity index (χ0) is 19.8. The summed E-state index contributed by atoms with van der Waals surface area (Å²) in [5.74, 6) is 0.299. The van der Waals surface area contributed by atoms with E-state index in [0.29, 0.717) is 27.2 Å². The molecule has 2 aliphatic heterocycles. The van der Waals surface area contributed by atoms with Crippen LogP contribution < -0.4 is 15.0 Å². The molecule has 9 heteroatoms. The Labute approximate surface area is 187 Å². The number of rotatable bonds is 3. The van der Waals surface area contributed by atoms with Crippen LogP contribution in [0.4, 0.5) is 5.69 Å². The number of hydrogen-bond donors (Lipinski definition) is 1. The molecule has 2 heterocycles. The van der Waals surface area contributed by atoms with Crippen LogP contribution in [0.3, 0.4) is 0 Å². The Morgan fingerprint density at radius 2 is 1.93 bits per heavy atom. The summed E-state index contributed by atoms with van der Waals surface area (Å²) in [6.45, 7) is 0.404. The van der Waals surface area contributed by atoms with Crippen molar-refractivity contribution >= 4 is 83.7 Å². The molecule has 1 fully saturated rings. The molecule has 0 unspecified atom stereocenters. The highest BCUT2D eigenvalue weighted by Gasteiger charge is 2.27. The maximum atomic E-state index is 12.6. The highest BCUT2D eigenvalue weighted by atomic mass is 79.9. The third kappa shape index (κ3) is 4.17. The van der Waals surface area contributed by atoms with E-state index in [2.05, 4.69) is 37.2 Å². The van der Waals surface area contributed by atoms with E-state index >= 15 is 0 Å². The molecule has 2 aliphatic rings. The minimum atomic E-state index is -0.212. The van der Waals surface area contributed by atoms with Gasteiger partial charge in [0.1, 0.15) is 10.1 Å². The summed E-state index contributed by atoms with van der Waals surface area (Å²) in [4.78, 5) is 26.7. The van der Waals surface area contributed by atoms with Crippen molar-refractivity contribution in [2.24, 2.45) is 0 Å². The molecule has 2 aromatic carbocycles. The van der Waals surface area contributed by atoms with Gasteiger partial charge >= 0.3 is 0 Å². The Hall–Kier alpha value is -1.68. The molecule has 1 N–H and O–H groups in total. The number of anilines is 1. The number of hydrogen-bond acceptors (Lipinski definition) is 5. The number of carbonyl (C=O) groups excluding carboxylic acids is 2. The largest absolute Gasteiger partial charge is 0.482 e. The van der Waals surface area contributed by atoms with Crippen molar-refractivity contribution in [3.05, 3.63) is 61.4 Å². The quantitative estimate of drug-likeness (QED) is 0.455. The fourth-order valence-electron chi connectivity index (χ4n) is 2.94. The number of nitrogens with zero attached hydrogens (tertiary/aromatic N) is 1. The lowest BCUT2D eigenvalue weighted by atomic mass is 10.1. The second kappa shape index (κ2) is 7.98. The fourth-order valence-corrected chi connectivity index (χ4v) is 5.37. The van der Waals surface area contributed by atoms with Crippen LogP contribution in [0.25, 0.3) is 6.08 Å². The molecule has 0 radical (unpaired) electrons. The second-order valence-electron chi connectivity index (χ2n) is 6.13. The Morgan fingerprint density at radius 3 is 2.61 bits per heavy atom. The highest BCUT2D eigenvalue weighted by molar-refractivity contribution is 9.11. The number of amides is 2. The van der Waals surface area contributed by atoms with E-state index in [9.17, 15) is 9.59 Å². The lowest BCUT2D eigenvalue weighted by Gasteiger charge is -2.30. The van der Waals surface area contributed by atoms with Crippen LogP contribution in [0.2, 0.25) is 0 Å². The van der Waals surface area contributed by atoms with Gasteiger partial charge in [0.25, 0.3) is 11.8 Å². The van der Waals surface area contributed by atoms with Gasteiger partial charge in [0.05, 0.1) is 17.1 Å². The average Bonchev–Trinajstić information content (AvgIpc) is 2.94. The van der Waals surface area contributed by atoms with Crippen molar-refractivity contribution in [3.63, 3.8) is 0 Å². The van der Waals surface area contributed by atoms with E-state index in [0.717, 1.165) is 20.1 Å². The summed E-state index contributed by atoms with van der Waals surface area (Å²) in [6, 6.07) is 11.4. The summed E-state index contributed by atoms with van der Waals surface area (Å²) in [5.41, 5.74) is 2.44. The molecule has 0 atom stereocenters. The Bertz CT molecular complexity index is 1040. The van der Waals surface area contributed by atoms with E-state index in [1.165, 1.54) is 11.8 Å². The molecule has 2 amide bonds. The number of benzene rings is 2. The van der Waals surface area contributed by atoms with Crippen molar-refractivity contribution < 1.29 is 14.3 Å². The van der Waals surface area contributed by atoms with Crippen LogP contribution in [-0.2, 0) is 16.1 Å². The molecular weight excluding hydrogens is 528 g/mol. The predicted molar refractivity (Wildman–Crippen MR) is 121 cm³/mol. The average molecular weight is 540 g/mol. The fraction of sp³-hybridized carbons (Fsp3) is 0.105. The van der Waals surface area contributed by atoms with E-state index in [1.54, 1.807) is 11.0 Å². The van der Waals surface area contributed by atoms with E-state index in [4.69, 9.17) is 17.0 Å². The molecule has 0 saturated carbocycles. The van der Waals surface area contributed by atoms with Gasteiger partial charge in [-0.3, -0.25) is 9.59 Å². The number of thioether (sulfide) groups is 1. The van der Waals surface area contributed by atoms with Crippen LogP contribution in [0, 0.1) is 0 Å². The summed E-state index contributed by atoms with van der Waals surface area (Å²) in [6.07, 6.45) is 1.76. The van der Waals surface area contributed by atoms with Crippen molar-refractivity contribution in [3.8, 4) is 5.75 Å². The predicted octanol–water partition coefficient (Wildman–Crippen LogP) is 4.63. The van der Waals surface area contributed by atoms with Crippen molar-refractivity contribution in [1.29, 1.82) is 0 Å². The molecule has 0 aliphatic carbocycles. The van der Waals surface area contributed by atoms with Crippen LogP contribution in [0.1, 0.15) is 11.1 Å². The Kier molecular flexibility index (Phi) is 5.59. The maximum Gasteiger partial charge on any atom is 0.265 e. The molecule has 0 spiro atoms. The lowest BCUT2D eigenvalue weighted by Crippen LogP contribution is -2.38. The summed E-state index contributed by atoms with van der Waals surface area (Å²) in [7, 11) is 0. The molecule has 2 aromatic rings. The van der Waals surface area contributed by atoms with Crippen LogP contribution in [0.15, 0.2) is 50.2 Å². The zero-order valence-corrected chi connectivity index (χ0v) is 19.0. The molecule has 142 valence electrons. The summed E-state index contributed by atoms with van der Waals surface area (Å²) in [5, 5.41) is 2.60. The third-order valence-corrected chi connectivity index (χ3v) is 6.21. The highest BCUT2D eigenvalue weighted by Crippen LogP contribution is 2.36. The minimum absolute atomic E-state index is 0.00482. The van der Waals surface area contributed by atoms with E-state index in [-0.39, 0.29) is 18.4 Å². The first-order valence-corrected chi connectivity index (χ1v) is 11.0. The van der Waals surface area contributed by atoms with Gasteiger partial charge in [-0.05, 0) is 47.5 Å². The molecule has 0 aromatic heterocycles. The van der Waals surface area contributed by atoms with Crippen molar-refractivity contribution in [2.75, 3.05) is 11.5 Å². The number of fused-ring (bicyclic) bond motifs is 1. The number of nitrogens with one attached hydrogen (secondary N) is 1. The topological polar surface area (TPSA) is 58.6 Å². The van der Waals surface area contributed by atoms with Crippen LogP contribution >= 0.6 is 55.8 Å².